The largest absolute Gasteiger partial charge is 0.465 e. The van der Waals surface area contributed by atoms with Gasteiger partial charge in [0.15, 0.2) is 0 Å². The maximum atomic E-state index is 13.4. The van der Waals surface area contributed by atoms with E-state index in [0.717, 1.165) is 0 Å². The lowest BCUT2D eigenvalue weighted by atomic mass is 9.83. The average Bonchev–Trinajstić information content (AvgIpc) is 2.16. The number of carbonyl (C=O) groups is 2. The highest BCUT2D eigenvalue weighted by Gasteiger charge is 2.67. The Bertz CT molecular complexity index is 390. The molecule has 0 aromatic carbocycles. The molecule has 1 rings (SSSR count). The first kappa shape index (κ1) is 15.6. The summed E-state index contributed by atoms with van der Waals surface area (Å²) in [5.41, 5.74) is -4.37. The third-order valence-corrected chi connectivity index (χ3v) is 3.09. The lowest BCUT2D eigenvalue weighted by Gasteiger charge is -2.49. The molecular weight excluding hydrogens is 265 g/mol. The third kappa shape index (κ3) is 2.48. The second-order valence-electron chi connectivity index (χ2n) is 5.51. The van der Waals surface area contributed by atoms with Crippen LogP contribution in [0.25, 0.3) is 0 Å². The number of carbonyl (C=O) groups excluding carboxylic acids is 1. The van der Waals surface area contributed by atoms with Crippen molar-refractivity contribution in [3.8, 4) is 0 Å². The van der Waals surface area contributed by atoms with Crippen molar-refractivity contribution < 1.29 is 27.9 Å². The van der Waals surface area contributed by atoms with Crippen LogP contribution in [-0.4, -0.2) is 45.8 Å². The van der Waals surface area contributed by atoms with Crippen molar-refractivity contribution in [3.05, 3.63) is 0 Å². The van der Waals surface area contributed by atoms with Crippen LogP contribution in [-0.2, 0) is 4.79 Å². The van der Waals surface area contributed by atoms with Gasteiger partial charge in [0.2, 0.25) is 5.54 Å². The van der Waals surface area contributed by atoms with Crippen molar-refractivity contribution in [2.45, 2.75) is 50.9 Å². The topological polar surface area (TPSA) is 69.6 Å². The van der Waals surface area contributed by atoms with Gasteiger partial charge in [0, 0.05) is 12.1 Å². The van der Waals surface area contributed by atoms with Crippen LogP contribution in [0.15, 0.2) is 0 Å². The summed E-state index contributed by atoms with van der Waals surface area (Å²) in [5.74, 6) is -1.30. The van der Waals surface area contributed by atoms with E-state index in [0.29, 0.717) is 0 Å². The van der Waals surface area contributed by atoms with E-state index in [2.05, 4.69) is 5.32 Å². The van der Waals surface area contributed by atoms with E-state index in [-0.39, 0.29) is 17.9 Å². The highest BCUT2D eigenvalue weighted by molar-refractivity contribution is 5.91. The number of alkyl halides is 3. The molecule has 8 heteroatoms. The minimum absolute atomic E-state index is 0.0745. The van der Waals surface area contributed by atoms with E-state index >= 15 is 0 Å². The maximum Gasteiger partial charge on any atom is 0.420 e. The van der Waals surface area contributed by atoms with Gasteiger partial charge in [-0.25, -0.2) is 4.79 Å². The van der Waals surface area contributed by atoms with Gasteiger partial charge in [0.25, 0.3) is 5.91 Å². The van der Waals surface area contributed by atoms with Crippen LogP contribution in [0.1, 0.15) is 33.6 Å². The summed E-state index contributed by atoms with van der Waals surface area (Å²) in [4.78, 5) is 23.3. The zero-order valence-corrected chi connectivity index (χ0v) is 11.0. The van der Waals surface area contributed by atoms with Crippen molar-refractivity contribution >= 4 is 12.0 Å². The van der Waals surface area contributed by atoms with Crippen LogP contribution >= 0.6 is 0 Å². The molecule has 1 aliphatic heterocycles. The molecular formula is C11H17F3N2O3. The Balaban J connectivity index is 3.46. The molecule has 0 spiro atoms. The highest BCUT2D eigenvalue weighted by Crippen LogP contribution is 2.44. The monoisotopic (exact) mass is 282 g/mol. The average molecular weight is 282 g/mol. The molecule has 1 aliphatic rings. The van der Waals surface area contributed by atoms with Crippen LogP contribution in [0.4, 0.5) is 18.0 Å². The first-order valence-electron chi connectivity index (χ1n) is 5.83. The Morgan fingerprint density at radius 3 is 2.21 bits per heavy atom. The minimum Gasteiger partial charge on any atom is -0.465 e. The second-order valence-corrected chi connectivity index (χ2v) is 5.51. The summed E-state index contributed by atoms with van der Waals surface area (Å²) in [6.07, 6.45) is -7.22. The lowest BCUT2D eigenvalue weighted by molar-refractivity contribution is -0.237. The summed E-state index contributed by atoms with van der Waals surface area (Å²) >= 11 is 0. The van der Waals surface area contributed by atoms with Gasteiger partial charge in [0.05, 0.1) is 0 Å². The maximum absolute atomic E-state index is 13.4. The summed E-state index contributed by atoms with van der Waals surface area (Å²) in [7, 11) is 0. The summed E-state index contributed by atoms with van der Waals surface area (Å²) in [6, 6.07) is 0. The zero-order valence-electron chi connectivity index (χ0n) is 11.0. The van der Waals surface area contributed by atoms with E-state index in [1.807, 2.05) is 0 Å². The molecule has 1 atom stereocenters. The van der Waals surface area contributed by atoms with Gasteiger partial charge in [0.1, 0.15) is 0 Å². The molecule has 0 saturated carbocycles. The van der Waals surface area contributed by atoms with Crippen LogP contribution in [0.3, 0.4) is 0 Å². The van der Waals surface area contributed by atoms with Crippen LogP contribution in [0.2, 0.25) is 0 Å². The van der Waals surface area contributed by atoms with Crippen molar-refractivity contribution in [2.75, 3.05) is 6.54 Å². The Kier molecular flexibility index (Phi) is 3.75. The van der Waals surface area contributed by atoms with E-state index in [9.17, 15) is 22.8 Å². The minimum atomic E-state index is -4.97. The molecule has 5 nitrogen and oxygen atoms in total. The number of rotatable bonds is 1. The quantitative estimate of drug-likeness (QED) is 0.772. The number of piperidine rings is 1. The molecule has 0 aromatic heterocycles. The number of amides is 2. The molecule has 0 bridgehead atoms. The van der Waals surface area contributed by atoms with Crippen molar-refractivity contribution in [2.24, 2.45) is 0 Å². The Morgan fingerprint density at radius 2 is 1.89 bits per heavy atom. The molecule has 0 aromatic rings. The highest BCUT2D eigenvalue weighted by atomic mass is 19.4. The molecule has 110 valence electrons. The van der Waals surface area contributed by atoms with Crippen molar-refractivity contribution in [1.29, 1.82) is 0 Å². The number of hydrogen-bond donors (Lipinski definition) is 2. The number of halogens is 3. The van der Waals surface area contributed by atoms with E-state index in [1.54, 1.807) is 0 Å². The molecule has 19 heavy (non-hydrogen) atoms. The standard InChI is InChI=1S/C11H17F3N2O3/c1-9(2,3)16(8(18)19)10(11(12,13)14)5-4-6-15-7(10)17/h4-6H2,1-3H3,(H,15,17)(H,18,19)/t10-/m1/s1. The molecule has 2 N–H and O–H groups in total. The van der Waals surface area contributed by atoms with E-state index in [4.69, 9.17) is 5.11 Å². The van der Waals surface area contributed by atoms with Gasteiger partial charge in [-0.05, 0) is 33.6 Å². The van der Waals surface area contributed by atoms with E-state index in [1.165, 1.54) is 20.8 Å². The molecule has 1 heterocycles. The summed E-state index contributed by atoms with van der Waals surface area (Å²) in [6.45, 7) is 4.11. The van der Waals surface area contributed by atoms with Crippen LogP contribution < -0.4 is 5.32 Å². The second kappa shape index (κ2) is 4.57. The Morgan fingerprint density at radius 1 is 1.37 bits per heavy atom. The van der Waals surface area contributed by atoms with Crippen molar-refractivity contribution in [3.63, 3.8) is 0 Å². The Labute approximate surface area is 108 Å². The SMILES string of the molecule is CC(C)(C)N(C(=O)O)[C@]1(C(F)(F)F)CCCNC1=O. The van der Waals surface area contributed by atoms with Gasteiger partial charge in [-0.1, -0.05) is 0 Å². The van der Waals surface area contributed by atoms with Gasteiger partial charge in [-0.3, -0.25) is 9.69 Å². The molecule has 0 radical (unpaired) electrons. The van der Waals surface area contributed by atoms with Crippen LogP contribution in [0.5, 0.6) is 0 Å². The first-order chi connectivity index (χ1) is 8.44. The third-order valence-electron chi connectivity index (χ3n) is 3.09. The van der Waals surface area contributed by atoms with Gasteiger partial charge in [-0.15, -0.1) is 0 Å². The molecule has 1 saturated heterocycles. The van der Waals surface area contributed by atoms with Gasteiger partial charge >= 0.3 is 12.3 Å². The predicted octanol–water partition coefficient (Wildman–Crippen LogP) is 1.98. The predicted molar refractivity (Wildman–Crippen MR) is 60.6 cm³/mol. The first-order valence-corrected chi connectivity index (χ1v) is 5.83. The molecule has 0 unspecified atom stereocenters. The van der Waals surface area contributed by atoms with Crippen LogP contribution in [0, 0.1) is 0 Å². The Hall–Kier alpha value is -1.47. The molecule has 1 fully saturated rings. The summed E-state index contributed by atoms with van der Waals surface area (Å²) < 4.78 is 40.3. The lowest BCUT2D eigenvalue weighted by Crippen LogP contribution is -2.73. The normalized spacial score (nSPS) is 24.8. The number of carboxylic acid groups (broad SMARTS) is 1. The van der Waals surface area contributed by atoms with Gasteiger partial charge in [-0.2, -0.15) is 13.2 Å². The fourth-order valence-electron chi connectivity index (χ4n) is 2.44. The number of nitrogens with one attached hydrogen (secondary N) is 1. The number of nitrogens with zero attached hydrogens (tertiary/aromatic N) is 1. The van der Waals surface area contributed by atoms with E-state index < -0.39 is 35.7 Å². The number of hydrogen-bond acceptors (Lipinski definition) is 2. The fourth-order valence-corrected chi connectivity index (χ4v) is 2.44. The van der Waals surface area contributed by atoms with Crippen molar-refractivity contribution in [1.82, 2.24) is 10.2 Å². The zero-order chi connectivity index (χ0) is 15.1. The van der Waals surface area contributed by atoms with Gasteiger partial charge < -0.3 is 10.4 Å². The summed E-state index contributed by atoms with van der Waals surface area (Å²) in [5, 5.41) is 11.3. The fraction of sp³-hybridized carbons (Fsp3) is 0.818. The molecule has 2 amide bonds. The molecule has 0 aliphatic carbocycles. The smallest absolute Gasteiger partial charge is 0.420 e.